The molecule has 0 aliphatic rings. The number of aryl methyl sites for hydroxylation is 1. The number of anilines is 1. The summed E-state index contributed by atoms with van der Waals surface area (Å²) in [5.41, 5.74) is 1.90. The molecule has 3 nitrogen and oxygen atoms in total. The molecule has 1 heterocycles. The van der Waals surface area contributed by atoms with Crippen LogP contribution in [0.1, 0.15) is 25.0 Å². The predicted molar refractivity (Wildman–Crippen MR) is 57.8 cm³/mol. The lowest BCUT2D eigenvalue weighted by Gasteiger charge is -2.02. The van der Waals surface area contributed by atoms with E-state index in [1.54, 1.807) is 13.2 Å². The number of rotatable bonds is 2. The molecule has 0 radical (unpaired) electrons. The molecule has 1 aromatic rings. The molecule has 0 aromatic carbocycles. The smallest absolute Gasteiger partial charge is 0.134 e. The van der Waals surface area contributed by atoms with E-state index in [0.717, 1.165) is 16.9 Å². The lowest BCUT2D eigenvalue weighted by molar-refractivity contribution is 1.23. The Morgan fingerprint density at radius 3 is 2.54 bits per heavy atom. The summed E-state index contributed by atoms with van der Waals surface area (Å²) in [6.07, 6.45) is 3.07. The number of hydrogen-bond acceptors (Lipinski definition) is 3. The van der Waals surface area contributed by atoms with Gasteiger partial charge in [-0.3, -0.25) is 0 Å². The molecule has 1 rings (SSSR count). The van der Waals surface area contributed by atoms with Crippen molar-refractivity contribution in [3.05, 3.63) is 23.4 Å². The van der Waals surface area contributed by atoms with Gasteiger partial charge in [0.25, 0.3) is 0 Å². The van der Waals surface area contributed by atoms with Crippen LogP contribution in [0.15, 0.2) is 12.3 Å². The highest BCUT2D eigenvalue weighted by Crippen LogP contribution is 2.09. The van der Waals surface area contributed by atoms with Gasteiger partial charge in [0.15, 0.2) is 0 Å². The maximum atomic E-state index is 7.08. The fraction of sp³-hybridized carbons (Fsp3) is 0.400. The normalized spacial score (nSPS) is 8.31. The quantitative estimate of drug-likeness (QED) is 0.685. The van der Waals surface area contributed by atoms with Gasteiger partial charge in [-0.1, -0.05) is 13.8 Å². The molecule has 0 spiro atoms. The molecule has 13 heavy (non-hydrogen) atoms. The summed E-state index contributed by atoms with van der Waals surface area (Å²) in [4.78, 5) is 4.11. The zero-order chi connectivity index (χ0) is 10.3. The maximum Gasteiger partial charge on any atom is 0.134 e. The number of pyridine rings is 1. The Hall–Kier alpha value is -1.38. The molecule has 72 valence electrons. The summed E-state index contributed by atoms with van der Waals surface area (Å²) in [5.74, 6) is 0.755. The molecule has 0 aliphatic heterocycles. The van der Waals surface area contributed by atoms with E-state index in [0.29, 0.717) is 0 Å². The van der Waals surface area contributed by atoms with Crippen LogP contribution in [0.5, 0.6) is 0 Å². The first-order chi connectivity index (χ1) is 6.27. The minimum Gasteiger partial charge on any atom is -0.373 e. The highest BCUT2D eigenvalue weighted by molar-refractivity contribution is 5.84. The van der Waals surface area contributed by atoms with Gasteiger partial charge in [0.1, 0.15) is 5.82 Å². The molecular formula is C10H17N3. The van der Waals surface area contributed by atoms with Crippen molar-refractivity contribution < 1.29 is 0 Å². The van der Waals surface area contributed by atoms with Crippen LogP contribution in [0, 0.1) is 12.3 Å². The zero-order valence-electron chi connectivity index (χ0n) is 8.68. The van der Waals surface area contributed by atoms with Crippen LogP contribution in [0.3, 0.4) is 0 Å². The monoisotopic (exact) mass is 179 g/mol. The summed E-state index contributed by atoms with van der Waals surface area (Å²) >= 11 is 0. The van der Waals surface area contributed by atoms with E-state index in [1.807, 2.05) is 26.8 Å². The summed E-state index contributed by atoms with van der Waals surface area (Å²) in [6, 6.07) is 1.92. The molecule has 0 atom stereocenters. The first kappa shape index (κ1) is 11.6. The van der Waals surface area contributed by atoms with Crippen LogP contribution in [-0.4, -0.2) is 18.2 Å². The lowest BCUT2D eigenvalue weighted by atomic mass is 10.2. The fourth-order valence-corrected chi connectivity index (χ4v) is 0.911. The Morgan fingerprint density at radius 2 is 2.08 bits per heavy atom. The SMILES string of the molecule is CC.CNc1ncc(C)cc1C=N. The van der Waals surface area contributed by atoms with Crippen LogP contribution in [0.4, 0.5) is 5.82 Å². The third-order valence-electron chi connectivity index (χ3n) is 1.45. The Morgan fingerprint density at radius 1 is 1.46 bits per heavy atom. The van der Waals surface area contributed by atoms with E-state index in [-0.39, 0.29) is 0 Å². The van der Waals surface area contributed by atoms with Crippen molar-refractivity contribution in [2.24, 2.45) is 0 Å². The molecule has 0 bridgehead atoms. The van der Waals surface area contributed by atoms with Gasteiger partial charge >= 0.3 is 0 Å². The Bertz CT molecular complexity index is 269. The third kappa shape index (κ3) is 3.23. The molecule has 1 aromatic heterocycles. The van der Waals surface area contributed by atoms with Crippen LogP contribution in [-0.2, 0) is 0 Å². The van der Waals surface area contributed by atoms with E-state index in [9.17, 15) is 0 Å². The van der Waals surface area contributed by atoms with Gasteiger partial charge in [0.05, 0.1) is 0 Å². The number of nitrogens with one attached hydrogen (secondary N) is 2. The van der Waals surface area contributed by atoms with Crippen LogP contribution < -0.4 is 5.32 Å². The Kier molecular flexibility index (Phi) is 5.52. The van der Waals surface area contributed by atoms with Crippen LogP contribution in [0.25, 0.3) is 0 Å². The average molecular weight is 179 g/mol. The molecule has 3 heteroatoms. The summed E-state index contributed by atoms with van der Waals surface area (Å²) in [5, 5.41) is 9.99. The second-order valence-electron chi connectivity index (χ2n) is 2.34. The molecule has 0 unspecified atom stereocenters. The van der Waals surface area contributed by atoms with E-state index in [2.05, 4.69) is 10.3 Å². The minimum atomic E-state index is 0.755. The summed E-state index contributed by atoms with van der Waals surface area (Å²) in [7, 11) is 1.80. The summed E-state index contributed by atoms with van der Waals surface area (Å²) < 4.78 is 0. The standard InChI is InChI=1S/C8H11N3.C2H6/c1-6-3-7(4-9)8(10-2)11-5-6;1-2/h3-5,9H,1-2H3,(H,10,11);1-2H3. The highest BCUT2D eigenvalue weighted by atomic mass is 15.0. The van der Waals surface area contributed by atoms with Gasteiger partial charge in [-0.15, -0.1) is 0 Å². The van der Waals surface area contributed by atoms with Gasteiger partial charge in [-0.2, -0.15) is 0 Å². The second kappa shape index (κ2) is 6.17. The van der Waals surface area contributed by atoms with Crippen molar-refractivity contribution in [2.45, 2.75) is 20.8 Å². The van der Waals surface area contributed by atoms with Gasteiger partial charge in [0, 0.05) is 25.0 Å². The molecule has 0 fully saturated rings. The lowest BCUT2D eigenvalue weighted by Crippen LogP contribution is -1.97. The van der Waals surface area contributed by atoms with Crippen molar-refractivity contribution >= 4 is 12.0 Å². The molecule has 2 N–H and O–H groups in total. The van der Waals surface area contributed by atoms with Crippen molar-refractivity contribution in [2.75, 3.05) is 12.4 Å². The van der Waals surface area contributed by atoms with E-state index in [1.165, 1.54) is 6.21 Å². The van der Waals surface area contributed by atoms with E-state index >= 15 is 0 Å². The number of nitrogens with zero attached hydrogens (tertiary/aromatic N) is 1. The molecule has 0 saturated carbocycles. The predicted octanol–water partition coefficient (Wildman–Crippen LogP) is 2.46. The van der Waals surface area contributed by atoms with Gasteiger partial charge < -0.3 is 10.7 Å². The maximum absolute atomic E-state index is 7.08. The second-order valence-corrected chi connectivity index (χ2v) is 2.34. The third-order valence-corrected chi connectivity index (χ3v) is 1.45. The van der Waals surface area contributed by atoms with E-state index < -0.39 is 0 Å². The van der Waals surface area contributed by atoms with Gasteiger partial charge in [-0.25, -0.2) is 4.98 Å². The topological polar surface area (TPSA) is 48.8 Å². The van der Waals surface area contributed by atoms with Gasteiger partial charge in [-0.05, 0) is 18.6 Å². The molecule has 0 amide bonds. The number of hydrogen-bond donors (Lipinski definition) is 2. The van der Waals surface area contributed by atoms with Crippen molar-refractivity contribution in [1.82, 2.24) is 4.98 Å². The van der Waals surface area contributed by atoms with E-state index in [4.69, 9.17) is 5.41 Å². The average Bonchev–Trinajstić information content (AvgIpc) is 2.20. The van der Waals surface area contributed by atoms with Crippen LogP contribution in [0.2, 0.25) is 0 Å². The minimum absolute atomic E-state index is 0.755. The van der Waals surface area contributed by atoms with Crippen molar-refractivity contribution in [1.29, 1.82) is 5.41 Å². The van der Waals surface area contributed by atoms with Gasteiger partial charge in [0.2, 0.25) is 0 Å². The van der Waals surface area contributed by atoms with Crippen molar-refractivity contribution in [3.63, 3.8) is 0 Å². The molecule has 0 aliphatic carbocycles. The molecular weight excluding hydrogens is 162 g/mol. The fourth-order valence-electron chi connectivity index (χ4n) is 0.911. The Labute approximate surface area is 79.7 Å². The first-order valence-electron chi connectivity index (χ1n) is 4.43. The Balaban J connectivity index is 0.000000671. The first-order valence-corrected chi connectivity index (χ1v) is 4.43. The zero-order valence-corrected chi connectivity index (χ0v) is 8.68. The number of aromatic nitrogens is 1. The molecule has 0 saturated heterocycles. The summed E-state index contributed by atoms with van der Waals surface area (Å²) in [6.45, 7) is 5.96. The highest BCUT2D eigenvalue weighted by Gasteiger charge is 1.97. The largest absolute Gasteiger partial charge is 0.373 e. The van der Waals surface area contributed by atoms with Crippen LogP contribution >= 0.6 is 0 Å². The van der Waals surface area contributed by atoms with Crippen molar-refractivity contribution in [3.8, 4) is 0 Å².